The second-order valence-electron chi connectivity index (χ2n) is 8.51. The summed E-state index contributed by atoms with van der Waals surface area (Å²) in [4.78, 5) is 7.03. The van der Waals surface area contributed by atoms with Gasteiger partial charge in [-0.1, -0.05) is 47.3 Å². The van der Waals surface area contributed by atoms with Crippen LogP contribution in [0.5, 0.6) is 0 Å². The van der Waals surface area contributed by atoms with Crippen LogP contribution in [0.1, 0.15) is 61.2 Å². The Morgan fingerprint density at radius 1 is 1.10 bits per heavy atom. The summed E-state index contributed by atoms with van der Waals surface area (Å²) in [5.41, 5.74) is 3.26. The fourth-order valence-electron chi connectivity index (χ4n) is 4.90. The summed E-state index contributed by atoms with van der Waals surface area (Å²) in [5, 5.41) is 4.37. The minimum absolute atomic E-state index is 0.0107. The van der Waals surface area contributed by atoms with Crippen LogP contribution in [0, 0.1) is 6.92 Å². The van der Waals surface area contributed by atoms with Gasteiger partial charge in [0.15, 0.2) is 5.11 Å². The van der Waals surface area contributed by atoms with Crippen molar-refractivity contribution in [3.05, 3.63) is 76.2 Å². The zero-order valence-corrected chi connectivity index (χ0v) is 20.0. The van der Waals surface area contributed by atoms with E-state index in [9.17, 15) is 0 Å². The Balaban J connectivity index is 1.55. The van der Waals surface area contributed by atoms with Gasteiger partial charge < -0.3 is 14.6 Å². The molecule has 5 rings (SSSR count). The average molecular weight is 496 g/mol. The first-order chi connectivity index (χ1) is 15.1. The number of rotatable bonds is 4. The van der Waals surface area contributed by atoms with Gasteiger partial charge >= 0.3 is 0 Å². The van der Waals surface area contributed by atoms with E-state index in [-0.39, 0.29) is 12.1 Å². The van der Waals surface area contributed by atoms with Crippen LogP contribution < -0.4 is 5.32 Å². The molecule has 0 spiro atoms. The molecule has 2 aliphatic rings. The molecule has 1 saturated heterocycles. The lowest BCUT2D eigenvalue weighted by Gasteiger charge is -2.36. The molecule has 0 unspecified atom stereocenters. The fourth-order valence-corrected chi connectivity index (χ4v) is 5.98. The van der Waals surface area contributed by atoms with E-state index in [0.717, 1.165) is 32.4 Å². The molecule has 160 valence electrons. The molecule has 1 N–H and O–H groups in total. The van der Waals surface area contributed by atoms with Gasteiger partial charge in [0.05, 0.1) is 11.7 Å². The normalized spacial score (nSPS) is 22.0. The van der Waals surface area contributed by atoms with Gasteiger partial charge in [0, 0.05) is 22.3 Å². The van der Waals surface area contributed by atoms with E-state index >= 15 is 0 Å². The average Bonchev–Trinajstić information content (AvgIpc) is 3.39. The number of benzene rings is 1. The third kappa shape index (κ3) is 4.03. The second kappa shape index (κ2) is 8.75. The van der Waals surface area contributed by atoms with Gasteiger partial charge in [0.2, 0.25) is 0 Å². The first kappa shape index (κ1) is 20.7. The van der Waals surface area contributed by atoms with Crippen LogP contribution >= 0.6 is 28.1 Å². The molecule has 0 radical (unpaired) electrons. The first-order valence-corrected chi connectivity index (χ1v) is 12.2. The van der Waals surface area contributed by atoms with Gasteiger partial charge in [-0.3, -0.25) is 4.98 Å². The van der Waals surface area contributed by atoms with Crippen molar-refractivity contribution in [2.24, 2.45) is 0 Å². The molecule has 31 heavy (non-hydrogen) atoms. The molecule has 4 nitrogen and oxygen atoms in total. The Labute approximate surface area is 197 Å². The van der Waals surface area contributed by atoms with Crippen molar-refractivity contribution in [2.45, 2.75) is 57.2 Å². The van der Waals surface area contributed by atoms with Crippen LogP contribution in [-0.2, 0) is 0 Å². The molecular weight excluding hydrogens is 470 g/mol. The summed E-state index contributed by atoms with van der Waals surface area (Å²) >= 11 is 9.54. The number of thiocarbonyl (C=S) groups is 1. The molecule has 1 aliphatic heterocycles. The largest absolute Gasteiger partial charge is 0.459 e. The van der Waals surface area contributed by atoms with Crippen molar-refractivity contribution < 1.29 is 4.42 Å². The molecule has 2 atom stereocenters. The summed E-state index contributed by atoms with van der Waals surface area (Å²) in [5.74, 6) is 1.79. The maximum Gasteiger partial charge on any atom is 0.170 e. The maximum atomic E-state index is 6.50. The predicted octanol–water partition coefficient (Wildman–Crippen LogP) is 6.72. The van der Waals surface area contributed by atoms with Gasteiger partial charge in [0.25, 0.3) is 0 Å². The molecule has 1 aromatic carbocycles. The molecule has 0 amide bonds. The molecule has 3 aromatic rings. The first-order valence-electron chi connectivity index (χ1n) is 11.0. The number of aromatic nitrogens is 1. The Kier molecular flexibility index (Phi) is 5.85. The van der Waals surface area contributed by atoms with Crippen molar-refractivity contribution in [2.75, 3.05) is 0 Å². The van der Waals surface area contributed by atoms with Crippen LogP contribution in [0.25, 0.3) is 11.3 Å². The maximum absolute atomic E-state index is 6.50. The quantitative estimate of drug-likeness (QED) is 0.406. The van der Waals surface area contributed by atoms with Crippen LogP contribution in [0.15, 0.2) is 63.6 Å². The monoisotopic (exact) mass is 495 g/mol. The van der Waals surface area contributed by atoms with Crippen LogP contribution in [0.2, 0.25) is 0 Å². The fraction of sp³-hybridized carbons (Fsp3) is 0.360. The van der Waals surface area contributed by atoms with Crippen molar-refractivity contribution in [3.8, 4) is 11.3 Å². The highest BCUT2D eigenvalue weighted by Crippen LogP contribution is 2.44. The zero-order chi connectivity index (χ0) is 21.4. The van der Waals surface area contributed by atoms with Gasteiger partial charge in [-0.2, -0.15) is 0 Å². The molecule has 1 aliphatic carbocycles. The van der Waals surface area contributed by atoms with E-state index in [0.29, 0.717) is 6.04 Å². The lowest BCUT2D eigenvalue weighted by molar-refractivity contribution is 0.179. The molecule has 2 aromatic heterocycles. The zero-order valence-electron chi connectivity index (χ0n) is 17.6. The lowest BCUT2D eigenvalue weighted by Crippen LogP contribution is -2.40. The summed E-state index contributed by atoms with van der Waals surface area (Å²) in [6.45, 7) is 2.09. The van der Waals surface area contributed by atoms with E-state index in [4.69, 9.17) is 16.6 Å². The van der Waals surface area contributed by atoms with Gasteiger partial charge in [-0.05, 0) is 73.9 Å². The standard InChI is InChI=1S/C25H26BrN3OS/c1-16-10-11-18(19(26)15-16)21-12-13-22(30-21)24-23(20-9-5-6-14-27-20)28-25(31)29(24)17-7-3-2-4-8-17/h5-6,9-15,17,23-24H,2-4,7-8H2,1H3,(H,28,31)/t23-,24-/m0/s1. The van der Waals surface area contributed by atoms with Crippen molar-refractivity contribution >= 4 is 33.3 Å². The Bertz CT molecular complexity index is 1080. The number of aryl methyl sites for hydroxylation is 1. The Morgan fingerprint density at radius 3 is 2.68 bits per heavy atom. The summed E-state index contributed by atoms with van der Waals surface area (Å²) in [6, 6.07) is 17.0. The number of hydrogen-bond donors (Lipinski definition) is 1. The van der Waals surface area contributed by atoms with Gasteiger partial charge in [-0.25, -0.2) is 0 Å². The van der Waals surface area contributed by atoms with Crippen molar-refractivity contribution in [3.63, 3.8) is 0 Å². The van der Waals surface area contributed by atoms with Crippen molar-refractivity contribution in [1.82, 2.24) is 15.2 Å². The van der Waals surface area contributed by atoms with E-state index in [1.54, 1.807) is 0 Å². The number of pyridine rings is 1. The minimum atomic E-state index is -0.0314. The third-order valence-corrected chi connectivity index (χ3v) is 7.40. The van der Waals surface area contributed by atoms with E-state index in [2.05, 4.69) is 74.5 Å². The molecular formula is C25H26BrN3OS. The van der Waals surface area contributed by atoms with Crippen LogP contribution in [0.3, 0.4) is 0 Å². The highest BCUT2D eigenvalue weighted by Gasteiger charge is 2.44. The van der Waals surface area contributed by atoms with E-state index < -0.39 is 0 Å². The number of hydrogen-bond acceptors (Lipinski definition) is 3. The lowest BCUT2D eigenvalue weighted by atomic mass is 9.92. The molecule has 1 saturated carbocycles. The minimum Gasteiger partial charge on any atom is -0.459 e. The molecule has 6 heteroatoms. The second-order valence-corrected chi connectivity index (χ2v) is 9.75. The van der Waals surface area contributed by atoms with Crippen LogP contribution in [0.4, 0.5) is 0 Å². The third-order valence-electron chi connectivity index (χ3n) is 6.41. The Morgan fingerprint density at radius 2 is 1.94 bits per heavy atom. The number of furan rings is 1. The molecule has 0 bridgehead atoms. The molecule has 2 fully saturated rings. The number of nitrogens with one attached hydrogen (secondary N) is 1. The van der Waals surface area contributed by atoms with E-state index in [1.807, 2.05) is 18.3 Å². The van der Waals surface area contributed by atoms with Crippen LogP contribution in [-0.4, -0.2) is 21.0 Å². The summed E-state index contributed by atoms with van der Waals surface area (Å²) in [7, 11) is 0. The highest BCUT2D eigenvalue weighted by molar-refractivity contribution is 9.10. The summed E-state index contributed by atoms with van der Waals surface area (Å²) in [6.07, 6.45) is 8.01. The van der Waals surface area contributed by atoms with Gasteiger partial charge in [-0.15, -0.1) is 0 Å². The van der Waals surface area contributed by atoms with Crippen molar-refractivity contribution in [1.29, 1.82) is 0 Å². The topological polar surface area (TPSA) is 41.3 Å². The SMILES string of the molecule is Cc1ccc(-c2ccc([C@H]3[C@H](c4ccccn4)NC(=S)N3C3CCCCC3)o2)c(Br)c1. The molecule has 3 heterocycles. The smallest absolute Gasteiger partial charge is 0.170 e. The van der Waals surface area contributed by atoms with Gasteiger partial charge in [0.1, 0.15) is 17.6 Å². The highest BCUT2D eigenvalue weighted by atomic mass is 79.9. The predicted molar refractivity (Wildman–Crippen MR) is 131 cm³/mol. The number of nitrogens with zero attached hydrogens (tertiary/aromatic N) is 2. The number of halogens is 1. The Hall–Kier alpha value is -2.18. The summed E-state index contributed by atoms with van der Waals surface area (Å²) < 4.78 is 7.54. The van der Waals surface area contributed by atoms with E-state index in [1.165, 1.54) is 37.7 Å².